The van der Waals surface area contributed by atoms with Crippen LogP contribution in [0.2, 0.25) is 0 Å². The SMILES string of the molecule is COc1cc(CCCN(C)C)c([N+](=O)[O-])cc1OC. The Bertz CT molecular complexity index is 447. The summed E-state index contributed by atoms with van der Waals surface area (Å²) in [4.78, 5) is 12.8. The lowest BCUT2D eigenvalue weighted by Crippen LogP contribution is -2.13. The predicted molar refractivity (Wildman–Crippen MR) is 73.1 cm³/mol. The van der Waals surface area contributed by atoms with Crippen LogP contribution in [0.3, 0.4) is 0 Å². The standard InChI is InChI=1S/C13H20N2O4/c1-14(2)7-5-6-10-8-12(18-3)13(19-4)9-11(10)15(16)17/h8-9H,5-7H2,1-4H3. The molecular formula is C13H20N2O4. The van der Waals surface area contributed by atoms with Gasteiger partial charge in [0.1, 0.15) is 0 Å². The molecule has 6 heteroatoms. The number of methoxy groups -OCH3 is 2. The maximum atomic E-state index is 11.1. The Morgan fingerprint density at radius 1 is 1.21 bits per heavy atom. The molecule has 0 saturated carbocycles. The molecule has 0 atom stereocenters. The van der Waals surface area contributed by atoms with E-state index in [0.29, 0.717) is 23.5 Å². The molecule has 0 bridgehead atoms. The van der Waals surface area contributed by atoms with Crippen LogP contribution in [0.25, 0.3) is 0 Å². The smallest absolute Gasteiger partial charge is 0.276 e. The highest BCUT2D eigenvalue weighted by atomic mass is 16.6. The molecule has 0 aliphatic rings. The zero-order valence-electron chi connectivity index (χ0n) is 11.8. The number of nitro groups is 1. The maximum absolute atomic E-state index is 11.1. The Morgan fingerprint density at radius 3 is 2.26 bits per heavy atom. The number of rotatable bonds is 7. The first kappa shape index (κ1) is 15.2. The van der Waals surface area contributed by atoms with Gasteiger partial charge in [0.2, 0.25) is 0 Å². The topological polar surface area (TPSA) is 64.8 Å². The van der Waals surface area contributed by atoms with Crippen molar-refractivity contribution in [2.75, 3.05) is 34.9 Å². The van der Waals surface area contributed by atoms with Crippen LogP contribution in [0.1, 0.15) is 12.0 Å². The van der Waals surface area contributed by atoms with Crippen LogP contribution in [0, 0.1) is 10.1 Å². The van der Waals surface area contributed by atoms with Crippen molar-refractivity contribution in [2.45, 2.75) is 12.8 Å². The second-order valence-corrected chi connectivity index (χ2v) is 4.50. The van der Waals surface area contributed by atoms with E-state index in [9.17, 15) is 10.1 Å². The van der Waals surface area contributed by atoms with Crippen molar-refractivity contribution >= 4 is 5.69 Å². The maximum Gasteiger partial charge on any atom is 0.276 e. The van der Waals surface area contributed by atoms with Gasteiger partial charge in [-0.05, 0) is 39.5 Å². The molecule has 0 heterocycles. The summed E-state index contributed by atoms with van der Waals surface area (Å²) in [6.45, 7) is 0.880. The van der Waals surface area contributed by atoms with Gasteiger partial charge in [-0.2, -0.15) is 0 Å². The highest BCUT2D eigenvalue weighted by molar-refractivity contribution is 5.54. The fourth-order valence-corrected chi connectivity index (χ4v) is 1.87. The third-order valence-electron chi connectivity index (χ3n) is 2.83. The monoisotopic (exact) mass is 268 g/mol. The molecule has 0 aliphatic heterocycles. The van der Waals surface area contributed by atoms with E-state index in [2.05, 4.69) is 0 Å². The second-order valence-electron chi connectivity index (χ2n) is 4.50. The molecule has 6 nitrogen and oxygen atoms in total. The Kier molecular flexibility index (Phi) is 5.57. The summed E-state index contributed by atoms with van der Waals surface area (Å²) < 4.78 is 10.3. The zero-order valence-corrected chi connectivity index (χ0v) is 11.8. The molecule has 1 rings (SSSR count). The molecule has 0 saturated heterocycles. The minimum atomic E-state index is -0.382. The minimum Gasteiger partial charge on any atom is -0.493 e. The van der Waals surface area contributed by atoms with E-state index in [0.717, 1.165) is 13.0 Å². The van der Waals surface area contributed by atoms with Gasteiger partial charge in [-0.1, -0.05) is 0 Å². The molecule has 0 aliphatic carbocycles. The van der Waals surface area contributed by atoms with Crippen molar-refractivity contribution in [3.63, 3.8) is 0 Å². The largest absolute Gasteiger partial charge is 0.493 e. The molecule has 0 N–H and O–H groups in total. The van der Waals surface area contributed by atoms with E-state index in [1.807, 2.05) is 19.0 Å². The van der Waals surface area contributed by atoms with Crippen LogP contribution in [-0.2, 0) is 6.42 Å². The van der Waals surface area contributed by atoms with Crippen LogP contribution < -0.4 is 9.47 Å². The molecule has 1 aromatic carbocycles. The molecular weight excluding hydrogens is 248 g/mol. The van der Waals surface area contributed by atoms with Crippen LogP contribution in [0.4, 0.5) is 5.69 Å². The number of aryl methyl sites for hydroxylation is 1. The van der Waals surface area contributed by atoms with Gasteiger partial charge in [0.15, 0.2) is 11.5 Å². The average molecular weight is 268 g/mol. The summed E-state index contributed by atoms with van der Waals surface area (Å²) >= 11 is 0. The highest BCUT2D eigenvalue weighted by Gasteiger charge is 2.18. The van der Waals surface area contributed by atoms with E-state index in [1.165, 1.54) is 20.3 Å². The molecule has 0 aromatic heterocycles. The molecule has 0 amide bonds. The fraction of sp³-hybridized carbons (Fsp3) is 0.538. The van der Waals surface area contributed by atoms with Crippen LogP contribution >= 0.6 is 0 Å². The summed E-state index contributed by atoms with van der Waals surface area (Å²) in [6.07, 6.45) is 1.48. The summed E-state index contributed by atoms with van der Waals surface area (Å²) in [5.41, 5.74) is 0.751. The minimum absolute atomic E-state index is 0.0800. The number of hydrogen-bond donors (Lipinski definition) is 0. The second kappa shape index (κ2) is 6.94. The van der Waals surface area contributed by atoms with Gasteiger partial charge < -0.3 is 14.4 Å². The predicted octanol–water partition coefficient (Wildman–Crippen LogP) is 2.11. The lowest BCUT2D eigenvalue weighted by atomic mass is 10.1. The Hall–Kier alpha value is -1.82. The molecule has 19 heavy (non-hydrogen) atoms. The van der Waals surface area contributed by atoms with Crippen LogP contribution in [-0.4, -0.2) is 44.7 Å². The van der Waals surface area contributed by atoms with Crippen molar-refractivity contribution in [2.24, 2.45) is 0 Å². The molecule has 106 valence electrons. The first-order chi connectivity index (χ1) is 8.99. The molecule has 0 unspecified atom stereocenters. The molecule has 0 radical (unpaired) electrons. The van der Waals surface area contributed by atoms with Crippen molar-refractivity contribution in [3.8, 4) is 11.5 Å². The summed E-state index contributed by atoms with van der Waals surface area (Å²) in [7, 11) is 6.94. The van der Waals surface area contributed by atoms with Gasteiger partial charge in [0.05, 0.1) is 25.2 Å². The van der Waals surface area contributed by atoms with Crippen LogP contribution in [0.5, 0.6) is 11.5 Å². The van der Waals surface area contributed by atoms with E-state index < -0.39 is 0 Å². The number of ether oxygens (including phenoxy) is 2. The van der Waals surface area contributed by atoms with Gasteiger partial charge in [-0.25, -0.2) is 0 Å². The highest BCUT2D eigenvalue weighted by Crippen LogP contribution is 2.34. The molecule has 1 aromatic rings. The van der Waals surface area contributed by atoms with Crippen LogP contribution in [0.15, 0.2) is 12.1 Å². The molecule has 0 spiro atoms. The number of nitro benzene ring substituents is 1. The third-order valence-corrected chi connectivity index (χ3v) is 2.83. The van der Waals surface area contributed by atoms with Crippen molar-refractivity contribution in [1.82, 2.24) is 4.90 Å². The third kappa shape index (κ3) is 4.10. The first-order valence-corrected chi connectivity index (χ1v) is 6.03. The summed E-state index contributed by atoms with van der Waals surface area (Å²) in [5, 5.41) is 11.1. The normalized spacial score (nSPS) is 10.6. The Morgan fingerprint density at radius 2 is 1.79 bits per heavy atom. The van der Waals surface area contributed by atoms with E-state index in [-0.39, 0.29) is 10.6 Å². The van der Waals surface area contributed by atoms with Crippen molar-refractivity contribution < 1.29 is 14.4 Å². The van der Waals surface area contributed by atoms with Gasteiger partial charge in [-0.3, -0.25) is 10.1 Å². The van der Waals surface area contributed by atoms with E-state index in [1.54, 1.807) is 6.07 Å². The lowest BCUT2D eigenvalue weighted by Gasteiger charge is -2.12. The summed E-state index contributed by atoms with van der Waals surface area (Å²) in [6, 6.07) is 3.11. The lowest BCUT2D eigenvalue weighted by molar-refractivity contribution is -0.385. The first-order valence-electron chi connectivity index (χ1n) is 6.03. The van der Waals surface area contributed by atoms with Crippen molar-refractivity contribution in [3.05, 3.63) is 27.8 Å². The van der Waals surface area contributed by atoms with E-state index >= 15 is 0 Å². The average Bonchev–Trinajstić information content (AvgIpc) is 2.37. The van der Waals surface area contributed by atoms with Crippen molar-refractivity contribution in [1.29, 1.82) is 0 Å². The quantitative estimate of drug-likeness (QED) is 0.559. The Labute approximate surface area is 113 Å². The Balaban J connectivity index is 3.02. The fourth-order valence-electron chi connectivity index (χ4n) is 1.87. The van der Waals surface area contributed by atoms with Gasteiger partial charge in [0.25, 0.3) is 5.69 Å². The van der Waals surface area contributed by atoms with Gasteiger partial charge in [0, 0.05) is 5.56 Å². The van der Waals surface area contributed by atoms with Gasteiger partial charge >= 0.3 is 0 Å². The van der Waals surface area contributed by atoms with E-state index in [4.69, 9.17) is 9.47 Å². The number of hydrogen-bond acceptors (Lipinski definition) is 5. The van der Waals surface area contributed by atoms with Gasteiger partial charge in [-0.15, -0.1) is 0 Å². The number of nitrogens with zero attached hydrogens (tertiary/aromatic N) is 2. The number of benzene rings is 1. The summed E-state index contributed by atoms with van der Waals surface area (Å²) in [5.74, 6) is 0.901. The zero-order chi connectivity index (χ0) is 14.4. The molecule has 0 fully saturated rings.